The van der Waals surface area contributed by atoms with Gasteiger partial charge in [-0.05, 0) is 30.0 Å². The highest BCUT2D eigenvalue weighted by atomic mass is 16.2. The maximum atomic E-state index is 12.9. The molecule has 29 heavy (non-hydrogen) atoms. The second-order valence-electron chi connectivity index (χ2n) is 8.18. The molecule has 5 nitrogen and oxygen atoms in total. The minimum atomic E-state index is -0.234. The molecule has 1 aromatic heterocycles. The number of aromatic nitrogens is 1. The highest BCUT2D eigenvalue weighted by Crippen LogP contribution is 2.33. The van der Waals surface area contributed by atoms with Crippen LogP contribution < -0.4 is 5.32 Å². The summed E-state index contributed by atoms with van der Waals surface area (Å²) in [6.07, 6.45) is 4.54. The standard InChI is InChI=1S/C24H25N3O2/c28-23-12-17(15-27(23)18-10-11-18)24(29)26-13-20(16-6-2-1-3-7-16)21-14-25-22-9-5-4-8-19(21)22/h1-9,14,17-18,20,25H,10-13,15H2,(H,26,29). The molecule has 2 heterocycles. The summed E-state index contributed by atoms with van der Waals surface area (Å²) in [4.78, 5) is 30.3. The van der Waals surface area contributed by atoms with Crippen LogP contribution in [0.1, 0.15) is 36.3 Å². The summed E-state index contributed by atoms with van der Waals surface area (Å²) < 4.78 is 0. The van der Waals surface area contributed by atoms with E-state index in [1.165, 1.54) is 16.5 Å². The molecule has 2 amide bonds. The fraction of sp³-hybridized carbons (Fsp3) is 0.333. The molecule has 2 unspecified atom stereocenters. The molecule has 2 aliphatic rings. The highest BCUT2D eigenvalue weighted by molar-refractivity contribution is 5.90. The number of nitrogens with one attached hydrogen (secondary N) is 2. The molecular formula is C24H25N3O2. The van der Waals surface area contributed by atoms with Gasteiger partial charge in [0.05, 0.1) is 5.92 Å². The van der Waals surface area contributed by atoms with Crippen molar-refractivity contribution in [3.8, 4) is 0 Å². The molecule has 148 valence electrons. The zero-order chi connectivity index (χ0) is 19.8. The lowest BCUT2D eigenvalue weighted by Crippen LogP contribution is -2.36. The van der Waals surface area contributed by atoms with Gasteiger partial charge in [0, 0.05) is 48.6 Å². The molecule has 5 rings (SSSR count). The monoisotopic (exact) mass is 387 g/mol. The Kier molecular flexibility index (Phi) is 4.58. The first-order valence-corrected chi connectivity index (χ1v) is 10.4. The molecule has 2 fully saturated rings. The molecule has 1 saturated carbocycles. The predicted octanol–water partition coefficient (Wildman–Crippen LogP) is 3.43. The van der Waals surface area contributed by atoms with Gasteiger partial charge in [0.1, 0.15) is 0 Å². The number of H-pyrrole nitrogens is 1. The van der Waals surface area contributed by atoms with Crippen LogP contribution >= 0.6 is 0 Å². The van der Waals surface area contributed by atoms with Gasteiger partial charge in [-0.15, -0.1) is 0 Å². The molecule has 2 atom stereocenters. The Balaban J connectivity index is 1.35. The van der Waals surface area contributed by atoms with Crippen LogP contribution in [0.3, 0.4) is 0 Å². The van der Waals surface area contributed by atoms with Gasteiger partial charge in [0.25, 0.3) is 0 Å². The number of carbonyl (C=O) groups excluding carboxylic acids is 2. The molecule has 5 heteroatoms. The second kappa shape index (κ2) is 7.39. The van der Waals surface area contributed by atoms with E-state index in [2.05, 4.69) is 34.6 Å². The zero-order valence-electron chi connectivity index (χ0n) is 16.3. The van der Waals surface area contributed by atoms with Crippen molar-refractivity contribution in [2.24, 2.45) is 5.92 Å². The minimum Gasteiger partial charge on any atom is -0.361 e. The lowest BCUT2D eigenvalue weighted by Gasteiger charge is -2.20. The van der Waals surface area contributed by atoms with E-state index in [1.54, 1.807) is 0 Å². The predicted molar refractivity (Wildman–Crippen MR) is 112 cm³/mol. The summed E-state index contributed by atoms with van der Waals surface area (Å²) in [6.45, 7) is 1.08. The average molecular weight is 387 g/mol. The third-order valence-corrected chi connectivity index (χ3v) is 6.20. The number of aromatic amines is 1. The summed E-state index contributed by atoms with van der Waals surface area (Å²) in [5.74, 6) is -0.0680. The molecule has 1 saturated heterocycles. The van der Waals surface area contributed by atoms with Crippen LogP contribution in [0.2, 0.25) is 0 Å². The number of fused-ring (bicyclic) bond motifs is 1. The van der Waals surface area contributed by atoms with Gasteiger partial charge in [0.2, 0.25) is 11.8 Å². The van der Waals surface area contributed by atoms with Crippen molar-refractivity contribution in [1.29, 1.82) is 0 Å². The first-order valence-electron chi connectivity index (χ1n) is 10.4. The Morgan fingerprint density at radius 3 is 2.66 bits per heavy atom. The lowest BCUT2D eigenvalue weighted by atomic mass is 9.90. The molecule has 0 radical (unpaired) electrons. The van der Waals surface area contributed by atoms with Crippen molar-refractivity contribution in [2.45, 2.75) is 31.2 Å². The topological polar surface area (TPSA) is 65.2 Å². The molecule has 0 bridgehead atoms. The van der Waals surface area contributed by atoms with Gasteiger partial charge < -0.3 is 15.2 Å². The molecule has 2 aromatic carbocycles. The van der Waals surface area contributed by atoms with Crippen LogP contribution in [0.4, 0.5) is 0 Å². The first kappa shape index (κ1) is 18.0. The molecule has 1 aliphatic heterocycles. The van der Waals surface area contributed by atoms with Crippen LogP contribution in [0, 0.1) is 5.92 Å². The second-order valence-corrected chi connectivity index (χ2v) is 8.18. The van der Waals surface area contributed by atoms with E-state index in [-0.39, 0.29) is 23.7 Å². The molecule has 1 aliphatic carbocycles. The van der Waals surface area contributed by atoms with Crippen LogP contribution in [0.25, 0.3) is 10.9 Å². The maximum absolute atomic E-state index is 12.9. The van der Waals surface area contributed by atoms with E-state index < -0.39 is 0 Å². The van der Waals surface area contributed by atoms with Crippen molar-refractivity contribution < 1.29 is 9.59 Å². The minimum absolute atomic E-state index is 0.0118. The van der Waals surface area contributed by atoms with Crippen molar-refractivity contribution in [3.05, 3.63) is 71.9 Å². The Morgan fingerprint density at radius 2 is 1.86 bits per heavy atom. The van der Waals surface area contributed by atoms with Gasteiger partial charge in [-0.1, -0.05) is 48.5 Å². The number of amides is 2. The van der Waals surface area contributed by atoms with Gasteiger partial charge in [0.15, 0.2) is 0 Å². The van der Waals surface area contributed by atoms with Gasteiger partial charge in [-0.25, -0.2) is 0 Å². The normalized spacial score (nSPS) is 20.2. The number of carbonyl (C=O) groups is 2. The van der Waals surface area contributed by atoms with E-state index in [1.807, 2.05) is 41.4 Å². The molecule has 0 spiro atoms. The number of likely N-dealkylation sites (tertiary alicyclic amines) is 1. The number of hydrogen-bond donors (Lipinski definition) is 2. The largest absolute Gasteiger partial charge is 0.361 e. The van der Waals surface area contributed by atoms with E-state index in [9.17, 15) is 9.59 Å². The van der Waals surface area contributed by atoms with Gasteiger partial charge in [-0.2, -0.15) is 0 Å². The molecule has 3 aromatic rings. The van der Waals surface area contributed by atoms with E-state index >= 15 is 0 Å². The quantitative estimate of drug-likeness (QED) is 0.681. The maximum Gasteiger partial charge on any atom is 0.225 e. The number of hydrogen-bond acceptors (Lipinski definition) is 2. The number of para-hydroxylation sites is 1. The fourth-order valence-corrected chi connectivity index (χ4v) is 4.47. The van der Waals surface area contributed by atoms with E-state index in [4.69, 9.17) is 0 Å². The fourth-order valence-electron chi connectivity index (χ4n) is 4.47. The van der Waals surface area contributed by atoms with Crippen LogP contribution in [-0.4, -0.2) is 40.8 Å². The van der Waals surface area contributed by atoms with Crippen molar-refractivity contribution >= 4 is 22.7 Å². The Hall–Kier alpha value is -3.08. The third-order valence-electron chi connectivity index (χ3n) is 6.20. The summed E-state index contributed by atoms with van der Waals surface area (Å²) in [7, 11) is 0. The first-order chi connectivity index (χ1) is 14.2. The summed E-state index contributed by atoms with van der Waals surface area (Å²) in [6, 6.07) is 18.9. The summed E-state index contributed by atoms with van der Waals surface area (Å²) >= 11 is 0. The molecular weight excluding hydrogens is 362 g/mol. The smallest absolute Gasteiger partial charge is 0.225 e. The highest BCUT2D eigenvalue weighted by Gasteiger charge is 2.41. The van der Waals surface area contributed by atoms with E-state index in [0.29, 0.717) is 25.6 Å². The zero-order valence-corrected chi connectivity index (χ0v) is 16.3. The van der Waals surface area contributed by atoms with Crippen molar-refractivity contribution in [3.63, 3.8) is 0 Å². The van der Waals surface area contributed by atoms with Crippen molar-refractivity contribution in [2.75, 3.05) is 13.1 Å². The molecule has 2 N–H and O–H groups in total. The Bertz CT molecular complexity index is 1040. The van der Waals surface area contributed by atoms with Crippen LogP contribution in [0.15, 0.2) is 60.8 Å². The Labute approximate surface area is 170 Å². The Morgan fingerprint density at radius 1 is 1.10 bits per heavy atom. The SMILES string of the molecule is O=C(NCC(c1ccccc1)c1c[nH]c2ccccc12)C1CC(=O)N(C2CC2)C1. The van der Waals surface area contributed by atoms with E-state index in [0.717, 1.165) is 18.4 Å². The van der Waals surface area contributed by atoms with Crippen LogP contribution in [0.5, 0.6) is 0 Å². The number of nitrogens with zero attached hydrogens (tertiary/aromatic N) is 1. The summed E-state index contributed by atoms with van der Waals surface area (Å²) in [5, 5.41) is 4.32. The third kappa shape index (κ3) is 3.53. The average Bonchev–Trinajstić information content (AvgIpc) is 3.39. The summed E-state index contributed by atoms with van der Waals surface area (Å²) in [5.41, 5.74) is 3.44. The van der Waals surface area contributed by atoms with Gasteiger partial charge >= 0.3 is 0 Å². The van der Waals surface area contributed by atoms with Crippen LogP contribution in [-0.2, 0) is 9.59 Å². The number of rotatable bonds is 6. The lowest BCUT2D eigenvalue weighted by molar-refractivity contribution is -0.129. The van der Waals surface area contributed by atoms with Gasteiger partial charge in [-0.3, -0.25) is 9.59 Å². The number of benzene rings is 2. The van der Waals surface area contributed by atoms with Crippen molar-refractivity contribution in [1.82, 2.24) is 15.2 Å².